The fraction of sp³-hybridized carbons (Fsp3) is 0.450. The summed E-state index contributed by atoms with van der Waals surface area (Å²) in [6.45, 7) is 2.30. The number of fused-ring (bicyclic) bond motifs is 2. The van der Waals surface area contributed by atoms with Crippen molar-refractivity contribution >= 4 is 22.6 Å². The third-order valence-electron chi connectivity index (χ3n) is 5.05. The molecule has 1 aliphatic heterocycles. The molecule has 8 nitrogen and oxygen atoms in total. The predicted octanol–water partition coefficient (Wildman–Crippen LogP) is 1.59. The average Bonchev–Trinajstić information content (AvgIpc) is 3.35. The average molecular weight is 384 g/mol. The number of pyridine rings is 1. The molecule has 4 heterocycles. The van der Waals surface area contributed by atoms with E-state index in [-0.39, 0.29) is 17.6 Å². The van der Waals surface area contributed by atoms with Gasteiger partial charge in [-0.2, -0.15) is 0 Å². The Hall–Kier alpha value is -2.71. The van der Waals surface area contributed by atoms with Crippen LogP contribution >= 0.6 is 0 Å². The van der Waals surface area contributed by atoms with Crippen LogP contribution in [0.15, 0.2) is 35.3 Å². The number of hydrogen-bond acceptors (Lipinski definition) is 5. The molecule has 1 aliphatic rings. The number of aryl methyl sites for hydroxylation is 1. The van der Waals surface area contributed by atoms with Gasteiger partial charge in [-0.15, -0.1) is 0 Å². The normalized spacial score (nSPS) is 16.8. The first kappa shape index (κ1) is 18.6. The summed E-state index contributed by atoms with van der Waals surface area (Å²) >= 11 is 0. The van der Waals surface area contributed by atoms with Gasteiger partial charge >= 0.3 is 0 Å². The van der Waals surface area contributed by atoms with Gasteiger partial charge < -0.3 is 19.4 Å². The highest BCUT2D eigenvalue weighted by Gasteiger charge is 2.21. The van der Waals surface area contributed by atoms with Crippen molar-refractivity contribution < 1.29 is 14.3 Å². The largest absolute Gasteiger partial charge is 0.385 e. The summed E-state index contributed by atoms with van der Waals surface area (Å²) in [6.07, 6.45) is 4.42. The van der Waals surface area contributed by atoms with Gasteiger partial charge in [0.25, 0.3) is 11.5 Å². The highest BCUT2D eigenvalue weighted by Crippen LogP contribution is 2.18. The summed E-state index contributed by atoms with van der Waals surface area (Å²) in [7, 11) is 1.64. The molecule has 0 radical (unpaired) electrons. The van der Waals surface area contributed by atoms with Crippen LogP contribution in [0, 0.1) is 0 Å². The highest BCUT2D eigenvalue weighted by atomic mass is 16.5. The zero-order chi connectivity index (χ0) is 19.5. The van der Waals surface area contributed by atoms with Crippen molar-refractivity contribution in [3.8, 4) is 0 Å². The lowest BCUT2D eigenvalue weighted by Crippen LogP contribution is -2.33. The van der Waals surface area contributed by atoms with Gasteiger partial charge in [0.2, 0.25) is 0 Å². The molecule has 1 atom stereocenters. The van der Waals surface area contributed by atoms with E-state index < -0.39 is 0 Å². The minimum Gasteiger partial charge on any atom is -0.385 e. The Morgan fingerprint density at radius 3 is 3.11 bits per heavy atom. The van der Waals surface area contributed by atoms with E-state index in [1.807, 2.05) is 10.6 Å². The standard InChI is InChI=1S/C20H24N4O4/c1-27-10-5-9-23-16(19(25)21-13-14-6-4-11-28-14)12-15-18(23)22-17-7-2-3-8-24(17)20(15)26/h2-3,7-8,12,14H,4-6,9-11,13H2,1H3,(H,21,25). The molecular formula is C20H24N4O4. The van der Waals surface area contributed by atoms with Crippen molar-refractivity contribution in [2.45, 2.75) is 31.9 Å². The number of carbonyl (C=O) groups is 1. The second-order valence-corrected chi connectivity index (χ2v) is 6.96. The van der Waals surface area contributed by atoms with Crippen LogP contribution in [0.2, 0.25) is 0 Å². The van der Waals surface area contributed by atoms with E-state index in [4.69, 9.17) is 9.47 Å². The maximum Gasteiger partial charge on any atom is 0.268 e. The number of amides is 1. The smallest absolute Gasteiger partial charge is 0.268 e. The van der Waals surface area contributed by atoms with Crippen LogP contribution in [0.1, 0.15) is 29.8 Å². The van der Waals surface area contributed by atoms with Crippen molar-refractivity contribution in [1.82, 2.24) is 19.3 Å². The van der Waals surface area contributed by atoms with Crippen molar-refractivity contribution in [3.63, 3.8) is 0 Å². The van der Waals surface area contributed by atoms with Gasteiger partial charge in [-0.1, -0.05) is 6.07 Å². The molecule has 0 aromatic carbocycles. The van der Waals surface area contributed by atoms with Gasteiger partial charge in [0.05, 0.1) is 11.5 Å². The van der Waals surface area contributed by atoms with Crippen molar-refractivity contribution in [2.75, 3.05) is 26.9 Å². The van der Waals surface area contributed by atoms with Gasteiger partial charge in [-0.25, -0.2) is 4.98 Å². The summed E-state index contributed by atoms with van der Waals surface area (Å²) in [5, 5.41) is 3.37. The first-order valence-electron chi connectivity index (χ1n) is 9.58. The van der Waals surface area contributed by atoms with E-state index in [2.05, 4.69) is 10.3 Å². The van der Waals surface area contributed by atoms with E-state index in [0.29, 0.717) is 48.5 Å². The van der Waals surface area contributed by atoms with E-state index in [9.17, 15) is 9.59 Å². The number of nitrogens with one attached hydrogen (secondary N) is 1. The fourth-order valence-electron chi connectivity index (χ4n) is 3.64. The Kier molecular flexibility index (Phi) is 5.40. The quantitative estimate of drug-likeness (QED) is 0.625. The molecule has 0 saturated carbocycles. The maximum atomic E-state index is 12.9. The number of nitrogens with zero attached hydrogens (tertiary/aromatic N) is 3. The number of methoxy groups -OCH3 is 1. The zero-order valence-corrected chi connectivity index (χ0v) is 15.9. The van der Waals surface area contributed by atoms with Gasteiger partial charge in [0, 0.05) is 39.6 Å². The molecule has 0 bridgehead atoms. The molecule has 3 aromatic heterocycles. The lowest BCUT2D eigenvalue weighted by molar-refractivity contribution is 0.0849. The molecule has 8 heteroatoms. The monoisotopic (exact) mass is 384 g/mol. The second kappa shape index (κ2) is 8.12. The van der Waals surface area contributed by atoms with Gasteiger partial charge in [0.1, 0.15) is 17.0 Å². The topological polar surface area (TPSA) is 86.9 Å². The molecule has 0 spiro atoms. The molecule has 4 rings (SSSR count). The lowest BCUT2D eigenvalue weighted by atomic mass is 10.2. The number of hydrogen-bond donors (Lipinski definition) is 1. The Balaban J connectivity index is 1.73. The fourth-order valence-corrected chi connectivity index (χ4v) is 3.64. The Morgan fingerprint density at radius 1 is 1.43 bits per heavy atom. The number of ether oxygens (including phenoxy) is 2. The third-order valence-corrected chi connectivity index (χ3v) is 5.05. The molecule has 1 unspecified atom stereocenters. The van der Waals surface area contributed by atoms with E-state index in [1.54, 1.807) is 31.5 Å². The number of carbonyl (C=O) groups excluding carboxylic acids is 1. The summed E-state index contributed by atoms with van der Waals surface area (Å²) < 4.78 is 14.0. The van der Waals surface area contributed by atoms with Crippen molar-refractivity contribution in [2.24, 2.45) is 0 Å². The molecule has 1 saturated heterocycles. The molecule has 3 aromatic rings. The number of rotatable bonds is 7. The lowest BCUT2D eigenvalue weighted by Gasteiger charge is -2.13. The van der Waals surface area contributed by atoms with Crippen LogP contribution in [0.3, 0.4) is 0 Å². The van der Waals surface area contributed by atoms with E-state index >= 15 is 0 Å². The predicted molar refractivity (Wildman–Crippen MR) is 105 cm³/mol. The molecule has 1 N–H and O–H groups in total. The minimum atomic E-state index is -0.223. The number of aromatic nitrogens is 3. The van der Waals surface area contributed by atoms with Crippen LogP contribution in [0.25, 0.3) is 16.7 Å². The van der Waals surface area contributed by atoms with Gasteiger partial charge in [-0.3, -0.25) is 14.0 Å². The Labute approximate surface area is 162 Å². The van der Waals surface area contributed by atoms with E-state index in [0.717, 1.165) is 19.4 Å². The van der Waals surface area contributed by atoms with Crippen LogP contribution in [0.4, 0.5) is 0 Å². The molecule has 0 aliphatic carbocycles. The molecule has 1 fully saturated rings. The zero-order valence-electron chi connectivity index (χ0n) is 15.9. The molecular weight excluding hydrogens is 360 g/mol. The third kappa shape index (κ3) is 3.53. The van der Waals surface area contributed by atoms with Crippen LogP contribution in [-0.2, 0) is 16.0 Å². The summed E-state index contributed by atoms with van der Waals surface area (Å²) in [4.78, 5) is 30.4. The summed E-state index contributed by atoms with van der Waals surface area (Å²) in [5.74, 6) is -0.223. The van der Waals surface area contributed by atoms with E-state index in [1.165, 1.54) is 4.40 Å². The van der Waals surface area contributed by atoms with Gasteiger partial charge in [0.15, 0.2) is 0 Å². The maximum absolute atomic E-state index is 12.9. The first-order chi connectivity index (χ1) is 13.7. The first-order valence-corrected chi connectivity index (χ1v) is 9.58. The molecule has 28 heavy (non-hydrogen) atoms. The SMILES string of the molecule is COCCCn1c(C(=O)NCC2CCCO2)cc2c(=O)n3ccccc3nc21. The second-order valence-electron chi connectivity index (χ2n) is 6.96. The molecule has 1 amide bonds. The minimum absolute atomic E-state index is 0.0570. The Bertz CT molecular complexity index is 1050. The summed E-state index contributed by atoms with van der Waals surface area (Å²) in [6, 6.07) is 7.04. The summed E-state index contributed by atoms with van der Waals surface area (Å²) in [5.41, 5.74) is 1.33. The molecule has 148 valence electrons. The van der Waals surface area contributed by atoms with Crippen LogP contribution in [0.5, 0.6) is 0 Å². The van der Waals surface area contributed by atoms with Crippen molar-refractivity contribution in [1.29, 1.82) is 0 Å². The Morgan fingerprint density at radius 2 is 2.32 bits per heavy atom. The van der Waals surface area contributed by atoms with Gasteiger partial charge in [-0.05, 0) is 37.5 Å². The van der Waals surface area contributed by atoms with Crippen LogP contribution < -0.4 is 10.9 Å². The van der Waals surface area contributed by atoms with Crippen molar-refractivity contribution in [3.05, 3.63) is 46.5 Å². The van der Waals surface area contributed by atoms with Crippen LogP contribution in [-0.4, -0.2) is 52.8 Å². The highest BCUT2D eigenvalue weighted by molar-refractivity contribution is 5.98.